The number of para-hydroxylation sites is 1. The monoisotopic (exact) mass is 421 g/mol. The summed E-state index contributed by atoms with van der Waals surface area (Å²) in [5.74, 6) is -0.267. The Morgan fingerprint density at radius 1 is 1.07 bits per heavy atom. The number of piperidine rings is 1. The quantitative estimate of drug-likeness (QED) is 0.742. The van der Waals surface area contributed by atoms with Crippen LogP contribution in [0, 0.1) is 6.92 Å². The third kappa shape index (κ3) is 4.84. The summed E-state index contributed by atoms with van der Waals surface area (Å²) in [6.07, 6.45) is 2.84. The van der Waals surface area contributed by atoms with Gasteiger partial charge in [-0.3, -0.25) is 4.79 Å². The van der Waals surface area contributed by atoms with E-state index in [1.807, 2.05) is 6.92 Å². The molecule has 1 saturated heterocycles. The normalized spacial score (nSPS) is 15.2. The maximum atomic E-state index is 12.9. The van der Waals surface area contributed by atoms with Crippen molar-refractivity contribution >= 4 is 38.9 Å². The van der Waals surface area contributed by atoms with Gasteiger partial charge in [0.25, 0.3) is 0 Å². The van der Waals surface area contributed by atoms with Crippen LogP contribution in [0.4, 0.5) is 11.4 Å². The van der Waals surface area contributed by atoms with Crippen molar-refractivity contribution in [2.45, 2.75) is 31.1 Å². The number of hydrogen-bond donors (Lipinski definition) is 2. The molecule has 0 aliphatic carbocycles. The van der Waals surface area contributed by atoms with Gasteiger partial charge in [0.15, 0.2) is 0 Å². The highest BCUT2D eigenvalue weighted by atomic mass is 35.5. The first-order chi connectivity index (χ1) is 13.4. The van der Waals surface area contributed by atoms with Crippen molar-refractivity contribution in [2.24, 2.45) is 0 Å². The van der Waals surface area contributed by atoms with Crippen LogP contribution in [0.5, 0.6) is 0 Å². The molecule has 2 N–H and O–H groups in total. The Morgan fingerprint density at radius 2 is 1.79 bits per heavy atom. The molecule has 0 spiro atoms. The van der Waals surface area contributed by atoms with Gasteiger partial charge in [-0.2, -0.15) is 4.31 Å². The topological polar surface area (TPSA) is 78.5 Å². The zero-order valence-corrected chi connectivity index (χ0v) is 17.3. The molecule has 1 heterocycles. The lowest BCUT2D eigenvalue weighted by molar-refractivity contribution is -0.114. The van der Waals surface area contributed by atoms with E-state index in [1.165, 1.54) is 4.31 Å². The maximum Gasteiger partial charge on any atom is 0.243 e. The van der Waals surface area contributed by atoms with E-state index in [0.717, 1.165) is 24.8 Å². The number of sulfonamides is 1. The molecule has 0 bridgehead atoms. The van der Waals surface area contributed by atoms with Gasteiger partial charge in [-0.05, 0) is 49.6 Å². The molecule has 6 nitrogen and oxygen atoms in total. The van der Waals surface area contributed by atoms with Gasteiger partial charge in [0, 0.05) is 18.8 Å². The average molecular weight is 422 g/mol. The fraction of sp³-hybridized carbons (Fsp3) is 0.350. The number of carbonyl (C=O) groups excluding carboxylic acids is 1. The zero-order chi connectivity index (χ0) is 20.1. The largest absolute Gasteiger partial charge is 0.376 e. The number of hydrogen-bond acceptors (Lipinski definition) is 4. The van der Waals surface area contributed by atoms with E-state index >= 15 is 0 Å². The number of carbonyl (C=O) groups is 1. The summed E-state index contributed by atoms with van der Waals surface area (Å²) in [5, 5.41) is 6.23. The summed E-state index contributed by atoms with van der Waals surface area (Å²) in [4.78, 5) is 12.5. The minimum Gasteiger partial charge on any atom is -0.376 e. The molecule has 0 aromatic heterocycles. The molecule has 0 radical (unpaired) electrons. The third-order valence-electron chi connectivity index (χ3n) is 4.75. The molecule has 2 aromatic rings. The Morgan fingerprint density at radius 3 is 2.50 bits per heavy atom. The van der Waals surface area contributed by atoms with Gasteiger partial charge < -0.3 is 10.6 Å². The van der Waals surface area contributed by atoms with Crippen LogP contribution in [-0.4, -0.2) is 38.3 Å². The Kier molecular flexibility index (Phi) is 6.59. The van der Waals surface area contributed by atoms with Gasteiger partial charge >= 0.3 is 0 Å². The fourth-order valence-corrected chi connectivity index (χ4v) is 4.87. The molecule has 28 heavy (non-hydrogen) atoms. The van der Waals surface area contributed by atoms with Crippen LogP contribution in [0.1, 0.15) is 24.8 Å². The van der Waals surface area contributed by atoms with Crippen molar-refractivity contribution < 1.29 is 13.2 Å². The highest BCUT2D eigenvalue weighted by Crippen LogP contribution is 2.25. The molecule has 1 aliphatic heterocycles. The Balaban J connectivity index is 1.69. The summed E-state index contributed by atoms with van der Waals surface area (Å²) in [7, 11) is -3.52. The number of aryl methyl sites for hydroxylation is 1. The van der Waals surface area contributed by atoms with Crippen molar-refractivity contribution in [3.8, 4) is 0 Å². The first-order valence-corrected chi connectivity index (χ1v) is 11.1. The summed E-state index contributed by atoms with van der Waals surface area (Å²) in [6.45, 7) is 2.98. The van der Waals surface area contributed by atoms with Crippen molar-refractivity contribution in [3.05, 3.63) is 53.1 Å². The molecule has 2 aromatic carbocycles. The minimum absolute atomic E-state index is 0.000716. The predicted molar refractivity (Wildman–Crippen MR) is 112 cm³/mol. The number of nitrogens with zero attached hydrogens (tertiary/aromatic N) is 1. The Hall–Kier alpha value is -2.09. The number of anilines is 2. The summed E-state index contributed by atoms with van der Waals surface area (Å²) in [5.41, 5.74) is 2.02. The smallest absolute Gasteiger partial charge is 0.243 e. The third-order valence-corrected chi connectivity index (χ3v) is 6.97. The second-order valence-corrected chi connectivity index (χ2v) is 9.17. The molecule has 0 atom stereocenters. The number of benzene rings is 2. The number of halogens is 1. The maximum absolute atomic E-state index is 12.9. The van der Waals surface area contributed by atoms with Gasteiger partial charge in [-0.25, -0.2) is 8.42 Å². The van der Waals surface area contributed by atoms with Crippen LogP contribution < -0.4 is 10.6 Å². The highest BCUT2D eigenvalue weighted by molar-refractivity contribution is 7.89. The van der Waals surface area contributed by atoms with E-state index < -0.39 is 10.0 Å². The standard InChI is InChI=1S/C20H24ClN3O3S/c1-15-9-10-16(28(26,27)24-11-5-2-6-12-24)13-19(15)22-14-20(25)23-18-8-4-3-7-17(18)21/h3-4,7-10,13,22H,2,5-6,11-12,14H2,1H3,(H,23,25). The molecule has 0 saturated carbocycles. The van der Waals surface area contributed by atoms with Gasteiger partial charge in [-0.1, -0.05) is 36.2 Å². The van der Waals surface area contributed by atoms with Gasteiger partial charge in [0.05, 0.1) is 22.2 Å². The summed E-state index contributed by atoms with van der Waals surface area (Å²) >= 11 is 6.05. The van der Waals surface area contributed by atoms with Crippen LogP contribution in [0.25, 0.3) is 0 Å². The fourth-order valence-electron chi connectivity index (χ4n) is 3.14. The van der Waals surface area contributed by atoms with E-state index in [-0.39, 0.29) is 17.3 Å². The first-order valence-electron chi connectivity index (χ1n) is 9.27. The van der Waals surface area contributed by atoms with Crippen LogP contribution in [0.15, 0.2) is 47.4 Å². The number of rotatable bonds is 6. The summed E-state index contributed by atoms with van der Waals surface area (Å²) in [6, 6.07) is 12.0. The number of amides is 1. The van der Waals surface area contributed by atoms with Crippen LogP contribution >= 0.6 is 11.6 Å². The molecule has 3 rings (SSSR count). The van der Waals surface area contributed by atoms with Gasteiger partial charge in [-0.15, -0.1) is 0 Å². The minimum atomic E-state index is -3.52. The second-order valence-electron chi connectivity index (χ2n) is 6.82. The SMILES string of the molecule is Cc1ccc(S(=O)(=O)N2CCCCC2)cc1NCC(=O)Nc1ccccc1Cl. The van der Waals surface area contributed by atoms with Gasteiger partial charge in [0.1, 0.15) is 0 Å². The lowest BCUT2D eigenvalue weighted by Crippen LogP contribution is -2.35. The van der Waals surface area contributed by atoms with E-state index in [2.05, 4.69) is 10.6 Å². The second kappa shape index (κ2) is 8.94. The first kappa shape index (κ1) is 20.6. The zero-order valence-electron chi connectivity index (χ0n) is 15.7. The molecule has 0 unspecified atom stereocenters. The van der Waals surface area contributed by atoms with Crippen molar-refractivity contribution in [2.75, 3.05) is 30.3 Å². The Bertz CT molecular complexity index is 957. The van der Waals surface area contributed by atoms with E-state index in [9.17, 15) is 13.2 Å². The molecule has 1 amide bonds. The molecular formula is C20H24ClN3O3S. The Labute approximate surface area is 170 Å². The van der Waals surface area contributed by atoms with Crippen LogP contribution in [0.2, 0.25) is 5.02 Å². The predicted octanol–water partition coefficient (Wildman–Crippen LogP) is 3.87. The molecule has 1 fully saturated rings. The number of nitrogens with one attached hydrogen (secondary N) is 2. The molecular weight excluding hydrogens is 398 g/mol. The van der Waals surface area contributed by atoms with Crippen molar-refractivity contribution in [1.82, 2.24) is 4.31 Å². The lowest BCUT2D eigenvalue weighted by Gasteiger charge is -2.26. The van der Waals surface area contributed by atoms with Crippen molar-refractivity contribution in [1.29, 1.82) is 0 Å². The van der Waals surface area contributed by atoms with Gasteiger partial charge in [0.2, 0.25) is 15.9 Å². The molecule has 150 valence electrons. The van der Waals surface area contributed by atoms with E-state index in [0.29, 0.717) is 29.5 Å². The summed E-state index contributed by atoms with van der Waals surface area (Å²) < 4.78 is 27.3. The lowest BCUT2D eigenvalue weighted by atomic mass is 10.2. The highest BCUT2D eigenvalue weighted by Gasteiger charge is 2.26. The van der Waals surface area contributed by atoms with E-state index in [4.69, 9.17) is 11.6 Å². The molecule has 1 aliphatic rings. The average Bonchev–Trinajstić information content (AvgIpc) is 2.69. The van der Waals surface area contributed by atoms with E-state index in [1.54, 1.807) is 42.5 Å². The molecule has 8 heteroatoms. The van der Waals surface area contributed by atoms with Crippen molar-refractivity contribution in [3.63, 3.8) is 0 Å². The van der Waals surface area contributed by atoms with Crippen LogP contribution in [-0.2, 0) is 14.8 Å². The van der Waals surface area contributed by atoms with Crippen LogP contribution in [0.3, 0.4) is 0 Å².